The van der Waals surface area contributed by atoms with E-state index in [1.165, 1.54) is 6.07 Å². The lowest BCUT2D eigenvalue weighted by Gasteiger charge is -2.12. The second kappa shape index (κ2) is 9.29. The number of nitrogens with one attached hydrogen (secondary N) is 1. The van der Waals surface area contributed by atoms with Crippen molar-refractivity contribution in [2.24, 2.45) is 0 Å². The Kier molecular flexibility index (Phi) is 6.27. The number of ether oxygens (including phenoxy) is 2. The molecule has 170 valence electrons. The van der Waals surface area contributed by atoms with Crippen LogP contribution in [0.5, 0.6) is 17.4 Å². The fraction of sp³-hybridized carbons (Fsp3) is 0.174. The van der Waals surface area contributed by atoms with Crippen LogP contribution >= 0.6 is 0 Å². The molecule has 2 heterocycles. The molecule has 0 fully saturated rings. The zero-order valence-corrected chi connectivity index (χ0v) is 19.2. The van der Waals surface area contributed by atoms with Crippen molar-refractivity contribution in [3.63, 3.8) is 0 Å². The van der Waals surface area contributed by atoms with Gasteiger partial charge in [0.2, 0.25) is 5.88 Å². The molecule has 33 heavy (non-hydrogen) atoms. The van der Waals surface area contributed by atoms with Crippen LogP contribution in [0.25, 0.3) is 5.82 Å². The van der Waals surface area contributed by atoms with Gasteiger partial charge in [0, 0.05) is 24.1 Å². The molecule has 0 aliphatic carbocycles. The Bertz CT molecular complexity index is 1350. The van der Waals surface area contributed by atoms with Gasteiger partial charge in [0.1, 0.15) is 17.3 Å². The molecule has 0 bridgehead atoms. The number of sulfonamides is 1. The van der Waals surface area contributed by atoms with Crippen molar-refractivity contribution >= 4 is 15.7 Å². The smallest absolute Gasteiger partial charge is 0.261 e. The summed E-state index contributed by atoms with van der Waals surface area (Å²) in [6, 6.07) is 14.8. The summed E-state index contributed by atoms with van der Waals surface area (Å²) in [5.41, 5.74) is 1.16. The summed E-state index contributed by atoms with van der Waals surface area (Å²) in [5.74, 6) is 2.91. The molecule has 0 atom stereocenters. The number of imidazole rings is 1. The molecule has 2 aromatic carbocycles. The highest BCUT2D eigenvalue weighted by Gasteiger charge is 2.16. The Hall–Kier alpha value is -3.92. The highest BCUT2D eigenvalue weighted by Crippen LogP contribution is 2.25. The number of hydrogen-bond acceptors (Lipinski definition) is 7. The molecule has 1 N–H and O–H groups in total. The van der Waals surface area contributed by atoms with E-state index in [1.807, 2.05) is 25.3 Å². The summed E-state index contributed by atoms with van der Waals surface area (Å²) in [6.45, 7) is 6.07. The minimum Gasteiger partial charge on any atom is -0.494 e. The molecule has 0 aliphatic rings. The molecule has 2 aromatic heterocycles. The summed E-state index contributed by atoms with van der Waals surface area (Å²) in [4.78, 5) is 4.32. The second-order valence-corrected chi connectivity index (χ2v) is 8.85. The number of nitrogens with zero attached hydrogens (tertiary/aromatic N) is 4. The predicted molar refractivity (Wildman–Crippen MR) is 124 cm³/mol. The molecule has 0 aliphatic heterocycles. The fourth-order valence-corrected chi connectivity index (χ4v) is 4.29. The van der Waals surface area contributed by atoms with Gasteiger partial charge in [0.25, 0.3) is 10.0 Å². The molecule has 0 unspecified atom stereocenters. The number of hydrogen-bond donors (Lipinski definition) is 1. The van der Waals surface area contributed by atoms with Crippen LogP contribution in [-0.2, 0) is 10.0 Å². The number of benzene rings is 2. The van der Waals surface area contributed by atoms with E-state index in [0.29, 0.717) is 35.5 Å². The van der Waals surface area contributed by atoms with Crippen LogP contribution in [0.15, 0.2) is 71.9 Å². The van der Waals surface area contributed by atoms with E-state index in [-0.39, 0.29) is 4.90 Å². The normalized spacial score (nSPS) is 11.2. The van der Waals surface area contributed by atoms with Crippen molar-refractivity contribution < 1.29 is 17.9 Å². The van der Waals surface area contributed by atoms with Crippen LogP contribution < -0.4 is 14.2 Å². The van der Waals surface area contributed by atoms with E-state index < -0.39 is 10.0 Å². The maximum absolute atomic E-state index is 12.7. The van der Waals surface area contributed by atoms with E-state index in [9.17, 15) is 8.42 Å². The molecule has 0 spiro atoms. The van der Waals surface area contributed by atoms with Gasteiger partial charge < -0.3 is 9.47 Å². The van der Waals surface area contributed by atoms with E-state index in [0.717, 1.165) is 11.4 Å². The van der Waals surface area contributed by atoms with E-state index in [1.54, 1.807) is 60.9 Å². The lowest BCUT2D eigenvalue weighted by Crippen LogP contribution is -2.13. The molecule has 4 aromatic rings. The molecule has 10 heteroatoms. The topological polar surface area (TPSA) is 108 Å². The zero-order chi connectivity index (χ0) is 23.4. The van der Waals surface area contributed by atoms with Crippen LogP contribution in [0.4, 0.5) is 5.69 Å². The second-order valence-electron chi connectivity index (χ2n) is 7.17. The maximum Gasteiger partial charge on any atom is 0.261 e. The van der Waals surface area contributed by atoms with Crippen LogP contribution in [0.3, 0.4) is 0 Å². The Morgan fingerprint density at radius 3 is 2.39 bits per heavy atom. The molecule has 4 rings (SSSR count). The summed E-state index contributed by atoms with van der Waals surface area (Å²) in [6.07, 6.45) is 3.49. The van der Waals surface area contributed by atoms with E-state index >= 15 is 0 Å². The number of aryl methyl sites for hydroxylation is 2. The van der Waals surface area contributed by atoms with Gasteiger partial charge in [-0.15, -0.1) is 10.2 Å². The third-order valence-corrected chi connectivity index (χ3v) is 6.16. The monoisotopic (exact) mass is 465 g/mol. The highest BCUT2D eigenvalue weighted by atomic mass is 32.2. The lowest BCUT2D eigenvalue weighted by molar-refractivity contribution is 0.337. The molecule has 0 saturated carbocycles. The van der Waals surface area contributed by atoms with E-state index in [4.69, 9.17) is 9.47 Å². The van der Waals surface area contributed by atoms with Crippen molar-refractivity contribution in [2.45, 2.75) is 25.7 Å². The predicted octanol–water partition coefficient (Wildman–Crippen LogP) is 4.27. The van der Waals surface area contributed by atoms with Crippen molar-refractivity contribution in [3.8, 4) is 23.2 Å². The first kappa shape index (κ1) is 22.3. The standard InChI is InChI=1S/C23H23N5O4S/c1-4-31-21-10-9-20(15-16(21)2)33(29,30)27-18-5-7-19(8-6-18)32-23-12-11-22(25-26-23)28-14-13-24-17(28)3/h5-15,27H,4H2,1-3H3. The summed E-state index contributed by atoms with van der Waals surface area (Å²) >= 11 is 0. The molecule has 0 saturated heterocycles. The third kappa shape index (κ3) is 5.12. The van der Waals surface area contributed by atoms with Gasteiger partial charge in [0.05, 0.1) is 11.5 Å². The molecule has 0 amide bonds. The average molecular weight is 466 g/mol. The van der Waals surface area contributed by atoms with Gasteiger partial charge >= 0.3 is 0 Å². The minimum atomic E-state index is -3.75. The summed E-state index contributed by atoms with van der Waals surface area (Å²) in [5, 5.41) is 8.23. The van der Waals surface area contributed by atoms with Gasteiger partial charge in [-0.05, 0) is 74.9 Å². The van der Waals surface area contributed by atoms with Crippen molar-refractivity contribution in [1.29, 1.82) is 0 Å². The summed E-state index contributed by atoms with van der Waals surface area (Å²) in [7, 11) is -3.75. The lowest BCUT2D eigenvalue weighted by atomic mass is 10.2. The van der Waals surface area contributed by atoms with Crippen LogP contribution in [-0.4, -0.2) is 34.8 Å². The molecule has 0 radical (unpaired) electrons. The largest absolute Gasteiger partial charge is 0.494 e. The Balaban J connectivity index is 1.43. The first-order valence-electron chi connectivity index (χ1n) is 10.2. The molecular weight excluding hydrogens is 442 g/mol. The van der Waals surface area contributed by atoms with E-state index in [2.05, 4.69) is 19.9 Å². The van der Waals surface area contributed by atoms with Crippen molar-refractivity contribution in [2.75, 3.05) is 11.3 Å². The third-order valence-electron chi connectivity index (χ3n) is 4.78. The van der Waals surface area contributed by atoms with Crippen LogP contribution in [0.2, 0.25) is 0 Å². The number of aromatic nitrogens is 4. The summed E-state index contributed by atoms with van der Waals surface area (Å²) < 4.78 is 41.1. The van der Waals surface area contributed by atoms with Gasteiger partial charge in [-0.2, -0.15) is 0 Å². The number of anilines is 1. The molecular formula is C23H23N5O4S. The quantitative estimate of drug-likeness (QED) is 0.414. The minimum absolute atomic E-state index is 0.160. The zero-order valence-electron chi connectivity index (χ0n) is 18.4. The fourth-order valence-electron chi connectivity index (χ4n) is 3.15. The Labute approximate surface area is 192 Å². The van der Waals surface area contributed by atoms with Gasteiger partial charge in [-0.3, -0.25) is 9.29 Å². The first-order chi connectivity index (χ1) is 15.9. The SMILES string of the molecule is CCOc1ccc(S(=O)(=O)Nc2ccc(Oc3ccc(-n4ccnc4C)nn3)cc2)cc1C. The van der Waals surface area contributed by atoms with Crippen LogP contribution in [0, 0.1) is 13.8 Å². The van der Waals surface area contributed by atoms with Crippen molar-refractivity contribution in [1.82, 2.24) is 19.7 Å². The Morgan fingerprint density at radius 1 is 1.00 bits per heavy atom. The molecule has 9 nitrogen and oxygen atoms in total. The Morgan fingerprint density at radius 2 is 1.79 bits per heavy atom. The highest BCUT2D eigenvalue weighted by molar-refractivity contribution is 7.92. The van der Waals surface area contributed by atoms with Crippen molar-refractivity contribution in [3.05, 3.63) is 78.4 Å². The first-order valence-corrected chi connectivity index (χ1v) is 11.7. The number of rotatable bonds is 8. The van der Waals surface area contributed by atoms with Gasteiger partial charge in [-0.1, -0.05) is 0 Å². The maximum atomic E-state index is 12.7. The van der Waals surface area contributed by atoms with Gasteiger partial charge in [-0.25, -0.2) is 13.4 Å². The van der Waals surface area contributed by atoms with Gasteiger partial charge in [0.15, 0.2) is 5.82 Å². The average Bonchev–Trinajstić information content (AvgIpc) is 3.23. The van der Waals surface area contributed by atoms with Crippen LogP contribution in [0.1, 0.15) is 18.3 Å².